The Morgan fingerprint density at radius 3 is 2.36 bits per heavy atom. The second-order valence-corrected chi connectivity index (χ2v) is 7.64. The lowest BCUT2D eigenvalue weighted by Crippen LogP contribution is -2.23. The molecule has 2 aromatic rings. The van der Waals surface area contributed by atoms with E-state index in [9.17, 15) is 8.42 Å². The molecule has 4 nitrogen and oxygen atoms in total. The van der Waals surface area contributed by atoms with Crippen molar-refractivity contribution in [3.63, 3.8) is 0 Å². The standard InChI is InChI=1S/C16H15NO3S2/c1-13-7-9-14(10-8-13)20-16(21-12-17)11-22(18,19)15-5-3-2-4-6-15/h2-10,16H,11H2,1H3. The van der Waals surface area contributed by atoms with Crippen molar-refractivity contribution in [2.45, 2.75) is 17.3 Å². The van der Waals surface area contributed by atoms with Crippen LogP contribution in [0.25, 0.3) is 0 Å². The van der Waals surface area contributed by atoms with Gasteiger partial charge >= 0.3 is 0 Å². The lowest BCUT2D eigenvalue weighted by atomic mass is 10.2. The summed E-state index contributed by atoms with van der Waals surface area (Å²) in [6.07, 6.45) is 0. The monoisotopic (exact) mass is 333 g/mol. The van der Waals surface area contributed by atoms with E-state index in [1.807, 2.05) is 24.5 Å². The highest BCUT2D eigenvalue weighted by atomic mass is 32.2. The molecule has 0 bridgehead atoms. The zero-order valence-electron chi connectivity index (χ0n) is 12.0. The molecule has 0 aromatic heterocycles. The van der Waals surface area contributed by atoms with Gasteiger partial charge in [-0.25, -0.2) is 8.42 Å². The lowest BCUT2D eigenvalue weighted by molar-refractivity contribution is 0.310. The fraction of sp³-hybridized carbons (Fsp3) is 0.188. The summed E-state index contributed by atoms with van der Waals surface area (Å²) in [4.78, 5) is 0.228. The zero-order chi connectivity index (χ0) is 16.0. The average molecular weight is 333 g/mol. The Morgan fingerprint density at radius 2 is 1.77 bits per heavy atom. The topological polar surface area (TPSA) is 67.2 Å². The zero-order valence-corrected chi connectivity index (χ0v) is 13.6. The van der Waals surface area contributed by atoms with Gasteiger partial charge in [0.05, 0.1) is 4.90 Å². The molecule has 0 aliphatic heterocycles. The molecular weight excluding hydrogens is 318 g/mol. The van der Waals surface area contributed by atoms with Crippen molar-refractivity contribution < 1.29 is 13.2 Å². The van der Waals surface area contributed by atoms with Gasteiger partial charge in [-0.1, -0.05) is 35.9 Å². The van der Waals surface area contributed by atoms with Crippen molar-refractivity contribution in [1.82, 2.24) is 0 Å². The maximum Gasteiger partial charge on any atom is 0.182 e. The number of rotatable bonds is 6. The normalized spacial score (nSPS) is 12.4. The Morgan fingerprint density at radius 1 is 1.14 bits per heavy atom. The molecule has 0 spiro atoms. The van der Waals surface area contributed by atoms with Crippen LogP contribution >= 0.6 is 11.8 Å². The van der Waals surface area contributed by atoms with E-state index in [0.717, 1.165) is 17.3 Å². The van der Waals surface area contributed by atoms with Crippen LogP contribution in [0, 0.1) is 17.6 Å². The van der Waals surface area contributed by atoms with E-state index in [1.165, 1.54) is 12.1 Å². The number of thioether (sulfide) groups is 1. The first-order chi connectivity index (χ1) is 10.5. The highest BCUT2D eigenvalue weighted by molar-refractivity contribution is 8.05. The van der Waals surface area contributed by atoms with Gasteiger partial charge in [0.1, 0.15) is 16.9 Å². The summed E-state index contributed by atoms with van der Waals surface area (Å²) in [5.74, 6) is 0.282. The molecule has 0 aliphatic carbocycles. The molecule has 1 atom stereocenters. The number of thiocyanates is 1. The molecule has 6 heteroatoms. The number of aryl methyl sites for hydroxylation is 1. The molecule has 2 rings (SSSR count). The van der Waals surface area contributed by atoms with Crippen molar-refractivity contribution in [2.75, 3.05) is 5.75 Å². The van der Waals surface area contributed by atoms with Crippen molar-refractivity contribution >= 4 is 21.6 Å². The van der Waals surface area contributed by atoms with Gasteiger partial charge in [0, 0.05) is 0 Å². The van der Waals surface area contributed by atoms with Crippen LogP contribution in [0.4, 0.5) is 0 Å². The quantitative estimate of drug-likeness (QED) is 0.599. The molecule has 0 saturated carbocycles. The first-order valence-corrected chi connectivity index (χ1v) is 9.10. The first kappa shape index (κ1) is 16.4. The third kappa shape index (κ3) is 4.52. The van der Waals surface area contributed by atoms with Crippen LogP contribution in [0.1, 0.15) is 5.56 Å². The van der Waals surface area contributed by atoms with Gasteiger partial charge in [-0.15, -0.1) is 0 Å². The highest BCUT2D eigenvalue weighted by Gasteiger charge is 2.23. The minimum Gasteiger partial charge on any atom is -0.478 e. The number of nitrogens with zero attached hydrogens (tertiary/aromatic N) is 1. The number of hydrogen-bond donors (Lipinski definition) is 0. The largest absolute Gasteiger partial charge is 0.478 e. The molecule has 0 N–H and O–H groups in total. The van der Waals surface area contributed by atoms with Crippen LogP contribution in [0.3, 0.4) is 0 Å². The summed E-state index contributed by atoms with van der Waals surface area (Å²) in [7, 11) is -3.51. The van der Waals surface area contributed by atoms with Gasteiger partial charge in [-0.2, -0.15) is 5.26 Å². The van der Waals surface area contributed by atoms with Crippen LogP contribution in [0.5, 0.6) is 5.75 Å². The summed E-state index contributed by atoms with van der Waals surface area (Å²) in [5, 5.41) is 10.8. The van der Waals surface area contributed by atoms with E-state index in [4.69, 9.17) is 10.00 Å². The maximum absolute atomic E-state index is 12.4. The molecule has 1 unspecified atom stereocenters. The third-order valence-electron chi connectivity index (χ3n) is 2.93. The molecule has 2 aromatic carbocycles. The second kappa shape index (κ2) is 7.34. The van der Waals surface area contributed by atoms with Crippen LogP contribution in [-0.4, -0.2) is 19.6 Å². The number of sulfone groups is 1. The Balaban J connectivity index is 2.15. The number of nitriles is 1. The van der Waals surface area contributed by atoms with Crippen LogP contribution in [-0.2, 0) is 9.84 Å². The molecule has 0 radical (unpaired) electrons. The van der Waals surface area contributed by atoms with E-state index in [-0.39, 0.29) is 10.6 Å². The van der Waals surface area contributed by atoms with Gasteiger partial charge in [0.2, 0.25) is 0 Å². The van der Waals surface area contributed by atoms with Gasteiger partial charge in [-0.05, 0) is 43.0 Å². The van der Waals surface area contributed by atoms with Gasteiger partial charge in [-0.3, -0.25) is 0 Å². The number of ether oxygens (including phenoxy) is 1. The smallest absolute Gasteiger partial charge is 0.182 e. The minimum atomic E-state index is -3.51. The van der Waals surface area contributed by atoms with Crippen molar-refractivity contribution in [2.24, 2.45) is 0 Å². The van der Waals surface area contributed by atoms with E-state index < -0.39 is 15.3 Å². The van der Waals surface area contributed by atoms with Gasteiger partial charge in [0.25, 0.3) is 0 Å². The molecule has 0 heterocycles. The second-order valence-electron chi connectivity index (χ2n) is 4.66. The van der Waals surface area contributed by atoms with E-state index >= 15 is 0 Å². The maximum atomic E-state index is 12.4. The molecule has 0 amide bonds. The number of benzene rings is 2. The van der Waals surface area contributed by atoms with Crippen LogP contribution < -0.4 is 4.74 Å². The minimum absolute atomic E-state index is 0.228. The molecule has 0 aliphatic rings. The predicted octanol–water partition coefficient (Wildman–Crippen LogP) is 3.39. The van der Waals surface area contributed by atoms with Crippen molar-refractivity contribution in [3.05, 3.63) is 60.2 Å². The average Bonchev–Trinajstić information content (AvgIpc) is 2.50. The van der Waals surface area contributed by atoms with E-state index in [0.29, 0.717) is 5.75 Å². The Kier molecular flexibility index (Phi) is 5.47. The number of hydrogen-bond acceptors (Lipinski definition) is 5. The molecule has 22 heavy (non-hydrogen) atoms. The molecular formula is C16H15NO3S2. The summed E-state index contributed by atoms with van der Waals surface area (Å²) in [5.41, 5.74) is 0.298. The first-order valence-electron chi connectivity index (χ1n) is 6.57. The van der Waals surface area contributed by atoms with Gasteiger partial charge in [0.15, 0.2) is 15.3 Å². The molecule has 0 saturated heterocycles. The fourth-order valence-corrected chi connectivity index (χ4v) is 4.10. The summed E-state index contributed by atoms with van der Waals surface area (Å²) >= 11 is 0.801. The summed E-state index contributed by atoms with van der Waals surface area (Å²) in [6.45, 7) is 1.95. The van der Waals surface area contributed by atoms with Gasteiger partial charge < -0.3 is 4.74 Å². The van der Waals surface area contributed by atoms with Crippen molar-refractivity contribution in [1.29, 1.82) is 5.26 Å². The summed E-state index contributed by atoms with van der Waals surface area (Å²) < 4.78 is 30.3. The summed E-state index contributed by atoms with van der Waals surface area (Å²) in [6, 6.07) is 15.4. The Hall–Kier alpha value is -1.97. The third-order valence-corrected chi connectivity index (χ3v) is 5.50. The highest BCUT2D eigenvalue weighted by Crippen LogP contribution is 2.22. The van der Waals surface area contributed by atoms with Crippen LogP contribution in [0.15, 0.2) is 59.5 Å². The Labute approximate surface area is 134 Å². The van der Waals surface area contributed by atoms with Crippen molar-refractivity contribution in [3.8, 4) is 11.2 Å². The fourth-order valence-electron chi connectivity index (χ4n) is 1.82. The Bertz CT molecular complexity index is 750. The predicted molar refractivity (Wildman–Crippen MR) is 87.3 cm³/mol. The van der Waals surface area contributed by atoms with Crippen LogP contribution in [0.2, 0.25) is 0 Å². The van der Waals surface area contributed by atoms with E-state index in [1.54, 1.807) is 30.3 Å². The lowest BCUT2D eigenvalue weighted by Gasteiger charge is -2.16. The molecule has 114 valence electrons. The molecule has 0 fully saturated rings. The van der Waals surface area contributed by atoms with E-state index in [2.05, 4.69) is 0 Å². The SMILES string of the molecule is Cc1ccc(OC(CS(=O)(=O)c2ccccc2)SC#N)cc1.